The Labute approximate surface area is 181 Å². The fourth-order valence-electron chi connectivity index (χ4n) is 2.97. The number of aromatic nitrogens is 7. The van der Waals surface area contributed by atoms with Crippen LogP contribution in [0.4, 0.5) is 16.2 Å². The maximum absolute atomic E-state index is 12.6. The van der Waals surface area contributed by atoms with Gasteiger partial charge in [0.25, 0.3) is 0 Å². The van der Waals surface area contributed by atoms with Gasteiger partial charge < -0.3 is 10.6 Å². The standard InChI is InChI=1S/C18H17Cl2N9O/c1-18(2,3)15-12(9-21-14-7-13(20)27-28(14)15)26-17(30)25-10-6-11(19)16(22-8-10)29-23-4-5-24-29/h4-9H,1-3H3,(H2,25,26,30). The van der Waals surface area contributed by atoms with E-state index < -0.39 is 6.03 Å². The number of pyridine rings is 1. The largest absolute Gasteiger partial charge is 0.323 e. The average molecular weight is 446 g/mol. The van der Waals surface area contributed by atoms with Crippen LogP contribution in [-0.4, -0.2) is 40.6 Å². The summed E-state index contributed by atoms with van der Waals surface area (Å²) < 4.78 is 1.63. The minimum atomic E-state index is -0.484. The molecule has 0 unspecified atom stereocenters. The minimum Gasteiger partial charge on any atom is -0.306 e. The highest BCUT2D eigenvalue weighted by atomic mass is 35.5. The van der Waals surface area contributed by atoms with Crippen LogP contribution < -0.4 is 10.6 Å². The number of hydrogen-bond donors (Lipinski definition) is 2. The van der Waals surface area contributed by atoms with Crippen LogP contribution in [0.3, 0.4) is 0 Å². The Bertz CT molecular complexity index is 1230. The van der Waals surface area contributed by atoms with E-state index >= 15 is 0 Å². The maximum atomic E-state index is 12.6. The zero-order valence-electron chi connectivity index (χ0n) is 16.3. The zero-order valence-corrected chi connectivity index (χ0v) is 17.8. The monoisotopic (exact) mass is 445 g/mol. The number of urea groups is 1. The number of carbonyl (C=O) groups excluding carboxylic acids is 1. The summed E-state index contributed by atoms with van der Waals surface area (Å²) in [7, 11) is 0. The van der Waals surface area contributed by atoms with Crippen LogP contribution >= 0.6 is 23.2 Å². The van der Waals surface area contributed by atoms with Gasteiger partial charge in [0.05, 0.1) is 46.9 Å². The predicted octanol–water partition coefficient (Wildman–Crippen LogP) is 3.95. The highest BCUT2D eigenvalue weighted by Gasteiger charge is 2.24. The average Bonchev–Trinajstić information content (AvgIpc) is 3.29. The summed E-state index contributed by atoms with van der Waals surface area (Å²) in [5.41, 5.74) is 1.91. The highest BCUT2D eigenvalue weighted by Crippen LogP contribution is 2.30. The number of hydrogen-bond acceptors (Lipinski definition) is 6. The lowest BCUT2D eigenvalue weighted by molar-refractivity contribution is 0.262. The van der Waals surface area contributed by atoms with E-state index in [2.05, 4.69) is 35.9 Å². The molecule has 0 aliphatic carbocycles. The van der Waals surface area contributed by atoms with E-state index in [0.29, 0.717) is 28.0 Å². The molecule has 4 aromatic rings. The van der Waals surface area contributed by atoms with E-state index in [1.165, 1.54) is 23.4 Å². The van der Waals surface area contributed by atoms with Crippen LogP contribution in [0.5, 0.6) is 0 Å². The molecule has 10 nitrogen and oxygen atoms in total. The van der Waals surface area contributed by atoms with Gasteiger partial charge in [0.15, 0.2) is 16.6 Å². The first-order valence-corrected chi connectivity index (χ1v) is 9.63. The van der Waals surface area contributed by atoms with Gasteiger partial charge in [-0.2, -0.15) is 15.3 Å². The van der Waals surface area contributed by atoms with Crippen LogP contribution in [0.1, 0.15) is 26.5 Å². The van der Waals surface area contributed by atoms with Crippen molar-refractivity contribution < 1.29 is 4.79 Å². The van der Waals surface area contributed by atoms with Gasteiger partial charge in [0.1, 0.15) is 0 Å². The molecule has 30 heavy (non-hydrogen) atoms. The molecular weight excluding hydrogens is 429 g/mol. The second-order valence-electron chi connectivity index (χ2n) is 7.43. The fourth-order valence-corrected chi connectivity index (χ4v) is 3.39. The van der Waals surface area contributed by atoms with Crippen molar-refractivity contribution in [1.29, 1.82) is 0 Å². The molecule has 0 saturated heterocycles. The van der Waals surface area contributed by atoms with E-state index in [-0.39, 0.29) is 10.4 Å². The van der Waals surface area contributed by atoms with E-state index in [9.17, 15) is 4.79 Å². The van der Waals surface area contributed by atoms with Crippen molar-refractivity contribution in [3.63, 3.8) is 0 Å². The lowest BCUT2D eigenvalue weighted by Gasteiger charge is -2.23. The van der Waals surface area contributed by atoms with Gasteiger partial charge in [-0.1, -0.05) is 44.0 Å². The molecule has 0 aromatic carbocycles. The number of halogens is 2. The van der Waals surface area contributed by atoms with Crippen molar-refractivity contribution in [1.82, 2.24) is 34.6 Å². The number of nitrogens with one attached hydrogen (secondary N) is 2. The molecule has 4 rings (SSSR count). The number of anilines is 2. The molecule has 0 fully saturated rings. The van der Waals surface area contributed by atoms with Crippen LogP contribution in [0.15, 0.2) is 36.9 Å². The van der Waals surface area contributed by atoms with Crippen molar-refractivity contribution in [2.75, 3.05) is 10.6 Å². The SMILES string of the molecule is CC(C)(C)c1c(NC(=O)Nc2cnc(-n3nccn3)c(Cl)c2)cnc2cc(Cl)nn12. The van der Waals surface area contributed by atoms with E-state index in [4.69, 9.17) is 23.2 Å². The molecule has 0 spiro atoms. The minimum absolute atomic E-state index is 0.286. The van der Waals surface area contributed by atoms with Crippen LogP contribution in [-0.2, 0) is 5.41 Å². The van der Waals surface area contributed by atoms with Gasteiger partial charge in [0, 0.05) is 11.5 Å². The lowest BCUT2D eigenvalue weighted by atomic mass is 9.90. The van der Waals surface area contributed by atoms with Gasteiger partial charge >= 0.3 is 6.03 Å². The molecule has 2 amide bonds. The van der Waals surface area contributed by atoms with Crippen LogP contribution in [0.25, 0.3) is 11.5 Å². The molecule has 0 bridgehead atoms. The quantitative estimate of drug-likeness (QED) is 0.493. The summed E-state index contributed by atoms with van der Waals surface area (Å²) in [5.74, 6) is 0.354. The zero-order chi connectivity index (χ0) is 21.5. The summed E-state index contributed by atoms with van der Waals surface area (Å²) in [4.78, 5) is 22.4. The molecule has 0 radical (unpaired) electrons. The molecule has 154 valence electrons. The van der Waals surface area contributed by atoms with Crippen LogP contribution in [0.2, 0.25) is 10.2 Å². The topological polar surface area (TPSA) is 115 Å². The molecule has 4 aromatic heterocycles. The third-order valence-corrected chi connectivity index (χ3v) is 4.56. The van der Waals surface area contributed by atoms with Crippen molar-refractivity contribution in [2.45, 2.75) is 26.2 Å². The number of nitrogens with zero attached hydrogens (tertiary/aromatic N) is 7. The normalized spacial score (nSPS) is 11.6. The number of rotatable bonds is 3. The Kier molecular flexibility index (Phi) is 5.04. The van der Waals surface area contributed by atoms with E-state index in [1.807, 2.05) is 20.8 Å². The third-order valence-electron chi connectivity index (χ3n) is 4.10. The van der Waals surface area contributed by atoms with Crippen LogP contribution in [0, 0.1) is 0 Å². The van der Waals surface area contributed by atoms with Gasteiger partial charge in [-0.05, 0) is 6.07 Å². The molecule has 0 atom stereocenters. The molecule has 0 saturated carbocycles. The second kappa shape index (κ2) is 7.54. The molecule has 2 N–H and O–H groups in total. The van der Waals surface area contributed by atoms with E-state index in [1.54, 1.807) is 22.8 Å². The summed E-state index contributed by atoms with van der Waals surface area (Å²) >= 11 is 12.3. The summed E-state index contributed by atoms with van der Waals surface area (Å²) in [6.45, 7) is 6.02. The van der Waals surface area contributed by atoms with Crippen molar-refractivity contribution >= 4 is 46.3 Å². The summed E-state index contributed by atoms with van der Waals surface area (Å²) in [6, 6.07) is 2.74. The molecular formula is C18H17Cl2N9O. The molecule has 0 aliphatic heterocycles. The van der Waals surface area contributed by atoms with Gasteiger partial charge in [-0.3, -0.25) is 0 Å². The Morgan fingerprint density at radius 3 is 2.43 bits per heavy atom. The van der Waals surface area contributed by atoms with Crippen molar-refractivity contribution in [3.8, 4) is 5.82 Å². The highest BCUT2D eigenvalue weighted by molar-refractivity contribution is 6.32. The predicted molar refractivity (Wildman–Crippen MR) is 114 cm³/mol. The summed E-state index contributed by atoms with van der Waals surface area (Å²) in [6.07, 6.45) is 6.07. The number of carbonyl (C=O) groups is 1. The van der Waals surface area contributed by atoms with Gasteiger partial charge in [-0.15, -0.1) is 4.80 Å². The lowest BCUT2D eigenvalue weighted by Crippen LogP contribution is -2.25. The fraction of sp³-hybridized carbons (Fsp3) is 0.222. The first kappa shape index (κ1) is 20.0. The Balaban J connectivity index is 1.59. The smallest absolute Gasteiger partial charge is 0.306 e. The second-order valence-corrected chi connectivity index (χ2v) is 8.23. The molecule has 12 heteroatoms. The molecule has 0 aliphatic rings. The Morgan fingerprint density at radius 2 is 1.77 bits per heavy atom. The Hall–Kier alpha value is -3.24. The third kappa shape index (κ3) is 3.91. The van der Waals surface area contributed by atoms with Gasteiger partial charge in [-0.25, -0.2) is 19.3 Å². The van der Waals surface area contributed by atoms with Gasteiger partial charge in [0.2, 0.25) is 0 Å². The van der Waals surface area contributed by atoms with E-state index in [0.717, 1.165) is 5.69 Å². The maximum Gasteiger partial charge on any atom is 0.323 e. The first-order chi connectivity index (χ1) is 14.2. The molecule has 4 heterocycles. The first-order valence-electron chi connectivity index (χ1n) is 8.87. The number of fused-ring (bicyclic) bond motifs is 1. The van der Waals surface area contributed by atoms with Crippen molar-refractivity contribution in [2.24, 2.45) is 0 Å². The van der Waals surface area contributed by atoms with Crippen molar-refractivity contribution in [3.05, 3.63) is 52.8 Å². The summed E-state index contributed by atoms with van der Waals surface area (Å²) in [5, 5.41) is 18.4. The Morgan fingerprint density at radius 1 is 1.03 bits per heavy atom. The number of amides is 2.